The van der Waals surface area contributed by atoms with Gasteiger partial charge in [-0.3, -0.25) is 0 Å². The molecule has 0 atom stereocenters. The molecule has 6 heteroatoms. The molecular formula is C13H15BrF2N2O. The maximum Gasteiger partial charge on any atom is 0.322 e. The fourth-order valence-electron chi connectivity index (χ4n) is 2.12. The molecule has 1 N–H and O–H groups in total. The first-order chi connectivity index (χ1) is 9.08. The number of likely N-dealkylation sites (tertiary alicyclic amines) is 1. The Hall–Kier alpha value is -1.17. The molecule has 104 valence electrons. The Morgan fingerprint density at radius 1 is 1.11 bits per heavy atom. The normalized spacial score (nSPS) is 16.1. The second-order valence-corrected chi connectivity index (χ2v) is 5.49. The SMILES string of the molecule is O=C(Nc1c(F)cc(Br)cc1F)N1CCCCCC1. The van der Waals surface area contributed by atoms with Gasteiger partial charge in [0.25, 0.3) is 0 Å². The molecular weight excluding hydrogens is 318 g/mol. The maximum absolute atomic E-state index is 13.6. The number of hydrogen-bond acceptors (Lipinski definition) is 1. The minimum atomic E-state index is -0.782. The van der Waals surface area contributed by atoms with Gasteiger partial charge >= 0.3 is 6.03 Å². The van der Waals surface area contributed by atoms with Gasteiger partial charge in [0.2, 0.25) is 0 Å². The number of nitrogens with zero attached hydrogens (tertiary/aromatic N) is 1. The Bertz CT molecular complexity index is 451. The molecule has 0 spiro atoms. The molecule has 0 bridgehead atoms. The Morgan fingerprint density at radius 3 is 2.16 bits per heavy atom. The van der Waals surface area contributed by atoms with Gasteiger partial charge in [0.15, 0.2) is 11.6 Å². The number of rotatable bonds is 1. The first-order valence-corrected chi connectivity index (χ1v) is 7.07. The van der Waals surface area contributed by atoms with Gasteiger partial charge in [-0.25, -0.2) is 13.6 Å². The van der Waals surface area contributed by atoms with Gasteiger partial charge < -0.3 is 10.2 Å². The number of amides is 2. The van der Waals surface area contributed by atoms with Crippen LogP contribution in [-0.2, 0) is 0 Å². The minimum absolute atomic E-state index is 0.301. The van der Waals surface area contributed by atoms with E-state index in [-0.39, 0.29) is 0 Å². The summed E-state index contributed by atoms with van der Waals surface area (Å²) in [6.45, 7) is 1.26. The first kappa shape index (κ1) is 14.2. The molecule has 0 saturated carbocycles. The van der Waals surface area contributed by atoms with Crippen LogP contribution >= 0.6 is 15.9 Å². The van der Waals surface area contributed by atoms with E-state index >= 15 is 0 Å². The summed E-state index contributed by atoms with van der Waals surface area (Å²) >= 11 is 3.00. The van der Waals surface area contributed by atoms with Crippen LogP contribution in [0.2, 0.25) is 0 Å². The fourth-order valence-corrected chi connectivity index (χ4v) is 2.52. The van der Waals surface area contributed by atoms with Crippen LogP contribution in [0.5, 0.6) is 0 Å². The quantitative estimate of drug-likeness (QED) is 0.823. The van der Waals surface area contributed by atoms with Gasteiger partial charge in [-0.05, 0) is 25.0 Å². The van der Waals surface area contributed by atoms with Crippen molar-refractivity contribution >= 4 is 27.6 Å². The predicted molar refractivity (Wildman–Crippen MR) is 73.1 cm³/mol. The van der Waals surface area contributed by atoms with Crippen molar-refractivity contribution in [1.29, 1.82) is 0 Å². The number of nitrogens with one attached hydrogen (secondary N) is 1. The number of carbonyl (C=O) groups is 1. The molecule has 19 heavy (non-hydrogen) atoms. The Kier molecular flexibility index (Phi) is 4.74. The molecule has 3 nitrogen and oxygen atoms in total. The molecule has 1 saturated heterocycles. The van der Waals surface area contributed by atoms with E-state index in [1.165, 1.54) is 0 Å². The van der Waals surface area contributed by atoms with Crippen LogP contribution in [-0.4, -0.2) is 24.0 Å². The zero-order valence-electron chi connectivity index (χ0n) is 10.4. The molecule has 0 aliphatic carbocycles. The van der Waals surface area contributed by atoms with Gasteiger partial charge in [0.1, 0.15) is 5.69 Å². The predicted octanol–water partition coefficient (Wildman–Crippen LogP) is 4.14. The highest BCUT2D eigenvalue weighted by atomic mass is 79.9. The highest BCUT2D eigenvalue weighted by molar-refractivity contribution is 9.10. The van der Waals surface area contributed by atoms with E-state index in [1.807, 2.05) is 0 Å². The van der Waals surface area contributed by atoms with E-state index in [1.54, 1.807) is 4.90 Å². The highest BCUT2D eigenvalue weighted by Crippen LogP contribution is 2.24. The van der Waals surface area contributed by atoms with Crippen LogP contribution in [0.15, 0.2) is 16.6 Å². The highest BCUT2D eigenvalue weighted by Gasteiger charge is 2.19. The average molecular weight is 333 g/mol. The smallest absolute Gasteiger partial charge is 0.322 e. The Labute approximate surface area is 119 Å². The third kappa shape index (κ3) is 3.65. The van der Waals surface area contributed by atoms with Gasteiger partial charge in [-0.1, -0.05) is 28.8 Å². The summed E-state index contributed by atoms with van der Waals surface area (Å²) in [6.07, 6.45) is 4.03. The molecule has 2 amide bonds. The summed E-state index contributed by atoms with van der Waals surface area (Å²) in [6, 6.07) is 1.81. The van der Waals surface area contributed by atoms with Crippen molar-refractivity contribution < 1.29 is 13.6 Å². The molecule has 1 aromatic rings. The Morgan fingerprint density at radius 2 is 1.63 bits per heavy atom. The third-order valence-corrected chi connectivity index (χ3v) is 3.59. The summed E-state index contributed by atoms with van der Waals surface area (Å²) in [5, 5.41) is 2.32. The summed E-state index contributed by atoms with van der Waals surface area (Å²) in [5.41, 5.74) is -0.391. The molecule has 0 unspecified atom stereocenters. The average Bonchev–Trinajstić information content (AvgIpc) is 2.62. The van der Waals surface area contributed by atoms with Crippen molar-refractivity contribution in [3.63, 3.8) is 0 Å². The number of hydrogen-bond donors (Lipinski definition) is 1. The molecule has 1 aliphatic heterocycles. The summed E-state index contributed by atoms with van der Waals surface area (Å²) in [4.78, 5) is 13.6. The number of halogens is 3. The van der Waals surface area contributed by atoms with Crippen molar-refractivity contribution in [1.82, 2.24) is 4.90 Å². The molecule has 2 rings (SSSR count). The largest absolute Gasteiger partial charge is 0.325 e. The van der Waals surface area contributed by atoms with Crippen LogP contribution in [0, 0.1) is 11.6 Å². The van der Waals surface area contributed by atoms with Crippen LogP contribution in [0.4, 0.5) is 19.3 Å². The third-order valence-electron chi connectivity index (χ3n) is 3.13. The zero-order valence-corrected chi connectivity index (χ0v) is 12.0. The topological polar surface area (TPSA) is 32.3 Å². The van der Waals surface area contributed by atoms with Crippen molar-refractivity contribution in [2.45, 2.75) is 25.7 Å². The van der Waals surface area contributed by atoms with Crippen LogP contribution in [0.1, 0.15) is 25.7 Å². The van der Waals surface area contributed by atoms with Crippen LogP contribution < -0.4 is 5.32 Å². The first-order valence-electron chi connectivity index (χ1n) is 6.28. The van der Waals surface area contributed by atoms with E-state index < -0.39 is 23.4 Å². The zero-order chi connectivity index (χ0) is 13.8. The second-order valence-electron chi connectivity index (χ2n) is 4.58. The lowest BCUT2D eigenvalue weighted by Gasteiger charge is -2.21. The van der Waals surface area contributed by atoms with Gasteiger partial charge in [-0.2, -0.15) is 0 Å². The number of carbonyl (C=O) groups excluding carboxylic acids is 1. The maximum atomic E-state index is 13.6. The molecule has 0 aromatic heterocycles. The fraction of sp³-hybridized carbons (Fsp3) is 0.462. The Balaban J connectivity index is 2.10. The molecule has 1 fully saturated rings. The molecule has 0 radical (unpaired) electrons. The van der Waals surface area contributed by atoms with E-state index in [0.717, 1.165) is 37.8 Å². The van der Waals surface area contributed by atoms with Crippen molar-refractivity contribution in [3.8, 4) is 0 Å². The lowest BCUT2D eigenvalue weighted by atomic mass is 10.2. The van der Waals surface area contributed by atoms with Crippen LogP contribution in [0.3, 0.4) is 0 Å². The van der Waals surface area contributed by atoms with E-state index in [0.29, 0.717) is 17.6 Å². The number of benzene rings is 1. The summed E-state index contributed by atoms with van der Waals surface area (Å²) < 4.78 is 27.5. The summed E-state index contributed by atoms with van der Waals surface area (Å²) in [5.74, 6) is -1.56. The summed E-state index contributed by atoms with van der Waals surface area (Å²) in [7, 11) is 0. The van der Waals surface area contributed by atoms with Gasteiger partial charge in [0.05, 0.1) is 0 Å². The molecule has 1 heterocycles. The standard InChI is InChI=1S/C13H15BrF2N2O/c14-9-7-10(15)12(11(16)8-9)17-13(19)18-5-3-1-2-4-6-18/h7-8H,1-6H2,(H,17,19). The van der Waals surface area contributed by atoms with Crippen molar-refractivity contribution in [3.05, 3.63) is 28.2 Å². The van der Waals surface area contributed by atoms with Crippen LogP contribution in [0.25, 0.3) is 0 Å². The van der Waals surface area contributed by atoms with E-state index in [9.17, 15) is 13.6 Å². The van der Waals surface area contributed by atoms with E-state index in [2.05, 4.69) is 21.2 Å². The van der Waals surface area contributed by atoms with Crippen molar-refractivity contribution in [2.24, 2.45) is 0 Å². The number of urea groups is 1. The van der Waals surface area contributed by atoms with Gasteiger partial charge in [-0.15, -0.1) is 0 Å². The van der Waals surface area contributed by atoms with Crippen molar-refractivity contribution in [2.75, 3.05) is 18.4 Å². The minimum Gasteiger partial charge on any atom is -0.325 e. The van der Waals surface area contributed by atoms with Gasteiger partial charge in [0, 0.05) is 17.6 Å². The lowest BCUT2D eigenvalue weighted by Crippen LogP contribution is -2.36. The molecule has 1 aromatic carbocycles. The number of anilines is 1. The monoisotopic (exact) mass is 332 g/mol. The van der Waals surface area contributed by atoms with E-state index in [4.69, 9.17) is 0 Å². The lowest BCUT2D eigenvalue weighted by molar-refractivity contribution is 0.213. The second kappa shape index (κ2) is 6.32. The molecule has 1 aliphatic rings.